The summed E-state index contributed by atoms with van der Waals surface area (Å²) in [4.78, 5) is 14.8. The molecule has 0 unspecified atom stereocenters. The van der Waals surface area contributed by atoms with E-state index in [1.54, 1.807) is 28.9 Å². The first kappa shape index (κ1) is 23.9. The molecule has 0 N–H and O–H groups in total. The zero-order valence-electron chi connectivity index (χ0n) is 19.0. The van der Waals surface area contributed by atoms with Crippen molar-refractivity contribution in [1.82, 2.24) is 9.78 Å². The number of carbonyl (C=O) groups excluding carboxylic acids is 1. The fraction of sp³-hybridized carbons (Fsp3) is 0.185. The van der Waals surface area contributed by atoms with Gasteiger partial charge in [-0.1, -0.05) is 54.9 Å². The average Bonchev–Trinajstić information content (AvgIpc) is 3.16. The fourth-order valence-corrected chi connectivity index (χ4v) is 4.27. The molecule has 7 heteroatoms. The highest BCUT2D eigenvalue weighted by Crippen LogP contribution is 2.39. The zero-order chi connectivity index (χ0) is 23.9. The van der Waals surface area contributed by atoms with Gasteiger partial charge in [0.15, 0.2) is 0 Å². The summed E-state index contributed by atoms with van der Waals surface area (Å²) in [5.41, 5.74) is 1.99. The quantitative estimate of drug-likeness (QED) is 0.180. The minimum atomic E-state index is -0.463. The molecule has 0 aliphatic carbocycles. The van der Waals surface area contributed by atoms with E-state index >= 15 is 0 Å². The summed E-state index contributed by atoms with van der Waals surface area (Å²) in [6, 6.07) is 24.1. The highest BCUT2D eigenvalue weighted by Gasteiger charge is 2.23. The van der Waals surface area contributed by atoms with Crippen molar-refractivity contribution in [3.63, 3.8) is 0 Å². The van der Waals surface area contributed by atoms with Crippen LogP contribution in [-0.2, 0) is 0 Å². The minimum Gasteiger partial charge on any atom is -0.494 e. The maximum Gasteiger partial charge on any atom is 0.344 e. The van der Waals surface area contributed by atoms with Gasteiger partial charge >= 0.3 is 5.97 Å². The summed E-state index contributed by atoms with van der Waals surface area (Å²) >= 11 is 7.52. The molecule has 4 rings (SSSR count). The molecule has 0 spiro atoms. The lowest BCUT2D eigenvalue weighted by Gasteiger charge is -2.11. The number of ether oxygens (including phenoxy) is 2. The van der Waals surface area contributed by atoms with Crippen molar-refractivity contribution in [3.8, 4) is 17.3 Å². The van der Waals surface area contributed by atoms with Crippen LogP contribution in [0.25, 0.3) is 5.69 Å². The number of para-hydroxylation sites is 1. The highest BCUT2D eigenvalue weighted by molar-refractivity contribution is 7.99. The number of unbranched alkanes of at least 4 members (excludes halogenated alkanes) is 1. The summed E-state index contributed by atoms with van der Waals surface area (Å²) in [7, 11) is 0. The van der Waals surface area contributed by atoms with Crippen molar-refractivity contribution in [1.29, 1.82) is 0 Å². The van der Waals surface area contributed by atoms with Crippen LogP contribution in [0.1, 0.15) is 35.8 Å². The lowest BCUT2D eigenvalue weighted by Crippen LogP contribution is -2.12. The van der Waals surface area contributed by atoms with E-state index in [-0.39, 0.29) is 0 Å². The molecule has 0 atom stereocenters. The maximum absolute atomic E-state index is 13.1. The van der Waals surface area contributed by atoms with Crippen molar-refractivity contribution in [2.45, 2.75) is 36.5 Å². The van der Waals surface area contributed by atoms with Gasteiger partial charge in [0.1, 0.15) is 5.75 Å². The Morgan fingerprint density at radius 2 is 1.71 bits per heavy atom. The Labute approximate surface area is 208 Å². The number of esters is 1. The third kappa shape index (κ3) is 5.82. The number of carbonyl (C=O) groups is 1. The molecule has 0 radical (unpaired) electrons. The Kier molecular flexibility index (Phi) is 7.93. The first-order valence-electron chi connectivity index (χ1n) is 11.1. The van der Waals surface area contributed by atoms with Crippen LogP contribution in [0.2, 0.25) is 5.02 Å². The van der Waals surface area contributed by atoms with Gasteiger partial charge < -0.3 is 9.47 Å². The molecule has 3 aromatic carbocycles. The van der Waals surface area contributed by atoms with Crippen LogP contribution in [0.4, 0.5) is 0 Å². The number of hydrogen-bond acceptors (Lipinski definition) is 5. The highest BCUT2D eigenvalue weighted by atomic mass is 35.5. The third-order valence-electron chi connectivity index (χ3n) is 5.05. The average molecular weight is 493 g/mol. The largest absolute Gasteiger partial charge is 0.494 e. The normalized spacial score (nSPS) is 10.8. The van der Waals surface area contributed by atoms with Gasteiger partial charge in [-0.05, 0) is 74.0 Å². The predicted octanol–water partition coefficient (Wildman–Crippen LogP) is 7.38. The second kappa shape index (κ2) is 11.3. The lowest BCUT2D eigenvalue weighted by molar-refractivity contribution is 0.0718. The SMILES string of the molecule is CCCCOc1ccc(C(=O)Oc2c(Sc3ccc(Cl)cc3)c(C)nn2-c2ccccc2)cc1. The molecule has 1 aromatic heterocycles. The van der Waals surface area contributed by atoms with Gasteiger partial charge in [-0.3, -0.25) is 0 Å². The Balaban J connectivity index is 1.63. The van der Waals surface area contributed by atoms with E-state index in [0.29, 0.717) is 23.1 Å². The number of benzene rings is 3. The fourth-order valence-electron chi connectivity index (χ4n) is 3.23. The van der Waals surface area contributed by atoms with Crippen molar-refractivity contribution >= 4 is 29.3 Å². The Hall–Kier alpha value is -3.22. The van der Waals surface area contributed by atoms with Crippen LogP contribution < -0.4 is 9.47 Å². The van der Waals surface area contributed by atoms with E-state index < -0.39 is 5.97 Å². The molecule has 0 saturated heterocycles. The Morgan fingerprint density at radius 3 is 2.38 bits per heavy atom. The van der Waals surface area contributed by atoms with Crippen molar-refractivity contribution in [2.75, 3.05) is 6.61 Å². The van der Waals surface area contributed by atoms with Crippen molar-refractivity contribution in [3.05, 3.63) is 95.1 Å². The molecule has 0 bridgehead atoms. The second-order valence-electron chi connectivity index (χ2n) is 7.64. The van der Waals surface area contributed by atoms with Crippen LogP contribution in [0.5, 0.6) is 11.6 Å². The summed E-state index contributed by atoms with van der Waals surface area (Å²) in [6.07, 6.45) is 2.05. The molecule has 0 aliphatic rings. The predicted molar refractivity (Wildman–Crippen MR) is 136 cm³/mol. The maximum atomic E-state index is 13.1. The monoisotopic (exact) mass is 492 g/mol. The topological polar surface area (TPSA) is 53.4 Å². The molecule has 34 heavy (non-hydrogen) atoms. The summed E-state index contributed by atoms with van der Waals surface area (Å²) in [5.74, 6) is 0.640. The minimum absolute atomic E-state index is 0.372. The van der Waals surface area contributed by atoms with E-state index in [1.807, 2.05) is 61.5 Å². The van der Waals surface area contributed by atoms with Crippen LogP contribution in [0, 0.1) is 6.92 Å². The molecule has 4 aromatic rings. The van der Waals surface area contributed by atoms with E-state index in [1.165, 1.54) is 11.8 Å². The van der Waals surface area contributed by atoms with Gasteiger partial charge in [-0.25, -0.2) is 4.79 Å². The molecular weight excluding hydrogens is 468 g/mol. The third-order valence-corrected chi connectivity index (χ3v) is 6.48. The van der Waals surface area contributed by atoms with Gasteiger partial charge in [-0.2, -0.15) is 9.78 Å². The molecule has 1 heterocycles. The standard InChI is InChI=1S/C27H25ClN2O3S/c1-3-4-18-32-23-14-10-20(11-15-23)27(31)33-26-25(34-24-16-12-21(28)13-17-24)19(2)29-30(26)22-8-6-5-7-9-22/h5-17H,3-4,18H2,1-2H3. The van der Waals surface area contributed by atoms with Gasteiger partial charge in [0, 0.05) is 9.92 Å². The van der Waals surface area contributed by atoms with Crippen LogP contribution in [0.3, 0.4) is 0 Å². The number of aromatic nitrogens is 2. The Bertz CT molecular complexity index is 1240. The van der Waals surface area contributed by atoms with Gasteiger partial charge in [0.2, 0.25) is 5.88 Å². The molecule has 0 amide bonds. The summed E-state index contributed by atoms with van der Waals surface area (Å²) in [6.45, 7) is 4.67. The number of halogens is 1. The number of hydrogen-bond donors (Lipinski definition) is 0. The number of aryl methyl sites for hydroxylation is 1. The van der Waals surface area contributed by atoms with Crippen LogP contribution in [0.15, 0.2) is 88.7 Å². The number of rotatable bonds is 9. The van der Waals surface area contributed by atoms with Gasteiger partial charge in [0.25, 0.3) is 0 Å². The second-order valence-corrected chi connectivity index (χ2v) is 9.16. The summed E-state index contributed by atoms with van der Waals surface area (Å²) in [5, 5.41) is 5.33. The van der Waals surface area contributed by atoms with E-state index in [0.717, 1.165) is 39.8 Å². The molecular formula is C27H25ClN2O3S. The lowest BCUT2D eigenvalue weighted by atomic mass is 10.2. The zero-order valence-corrected chi connectivity index (χ0v) is 20.6. The van der Waals surface area contributed by atoms with E-state index in [4.69, 9.17) is 21.1 Å². The molecule has 0 fully saturated rings. The first-order chi connectivity index (χ1) is 16.5. The van der Waals surface area contributed by atoms with Gasteiger partial charge in [0.05, 0.1) is 28.4 Å². The smallest absolute Gasteiger partial charge is 0.344 e. The van der Waals surface area contributed by atoms with E-state index in [2.05, 4.69) is 12.0 Å². The molecule has 0 saturated carbocycles. The van der Waals surface area contributed by atoms with Crippen LogP contribution in [-0.4, -0.2) is 22.4 Å². The van der Waals surface area contributed by atoms with Crippen molar-refractivity contribution < 1.29 is 14.3 Å². The molecule has 174 valence electrons. The van der Waals surface area contributed by atoms with Crippen LogP contribution >= 0.6 is 23.4 Å². The summed E-state index contributed by atoms with van der Waals surface area (Å²) < 4.78 is 13.3. The van der Waals surface area contributed by atoms with Gasteiger partial charge in [-0.15, -0.1) is 0 Å². The van der Waals surface area contributed by atoms with Crippen molar-refractivity contribution in [2.24, 2.45) is 0 Å². The first-order valence-corrected chi connectivity index (χ1v) is 12.3. The molecule has 5 nitrogen and oxygen atoms in total. The number of nitrogens with zero attached hydrogens (tertiary/aromatic N) is 2. The van der Waals surface area contributed by atoms with E-state index in [9.17, 15) is 4.79 Å². The molecule has 0 aliphatic heterocycles. The Morgan fingerprint density at radius 1 is 1.00 bits per heavy atom.